The SMILES string of the molecule is CCCOC1CCCN(CCC2CS(=O)(=O)CCN2)C1. The Hall–Kier alpha value is -0.170. The molecule has 0 saturated carbocycles. The van der Waals surface area contributed by atoms with E-state index in [4.69, 9.17) is 4.74 Å². The van der Waals surface area contributed by atoms with Crippen LogP contribution in [0.5, 0.6) is 0 Å². The molecule has 6 heteroatoms. The van der Waals surface area contributed by atoms with Gasteiger partial charge in [0.05, 0.1) is 17.6 Å². The Morgan fingerprint density at radius 1 is 1.40 bits per heavy atom. The summed E-state index contributed by atoms with van der Waals surface area (Å²) in [5.74, 6) is 0.594. The van der Waals surface area contributed by atoms with Crippen molar-refractivity contribution in [3.63, 3.8) is 0 Å². The number of hydrogen-bond donors (Lipinski definition) is 1. The van der Waals surface area contributed by atoms with Gasteiger partial charge in [-0.15, -0.1) is 0 Å². The predicted molar refractivity (Wildman–Crippen MR) is 80.8 cm³/mol. The van der Waals surface area contributed by atoms with E-state index in [1.807, 2.05) is 0 Å². The second kappa shape index (κ2) is 7.73. The number of piperidine rings is 1. The van der Waals surface area contributed by atoms with E-state index in [0.717, 1.165) is 45.5 Å². The summed E-state index contributed by atoms with van der Waals surface area (Å²) < 4.78 is 29.1. The lowest BCUT2D eigenvalue weighted by atomic mass is 10.1. The maximum atomic E-state index is 11.6. The lowest BCUT2D eigenvalue weighted by Crippen LogP contribution is -2.47. The van der Waals surface area contributed by atoms with E-state index in [2.05, 4.69) is 17.1 Å². The van der Waals surface area contributed by atoms with Crippen LogP contribution in [0.1, 0.15) is 32.6 Å². The van der Waals surface area contributed by atoms with E-state index in [1.165, 1.54) is 6.42 Å². The van der Waals surface area contributed by atoms with Crippen LogP contribution in [-0.4, -0.2) is 69.8 Å². The Labute approximate surface area is 123 Å². The van der Waals surface area contributed by atoms with Gasteiger partial charge in [-0.2, -0.15) is 0 Å². The average molecular weight is 304 g/mol. The zero-order chi connectivity index (χ0) is 14.4. The first kappa shape index (κ1) is 16.2. The number of rotatable bonds is 6. The highest BCUT2D eigenvalue weighted by Gasteiger charge is 2.26. The molecule has 2 atom stereocenters. The zero-order valence-corrected chi connectivity index (χ0v) is 13.3. The first-order valence-corrected chi connectivity index (χ1v) is 9.69. The number of hydrogen-bond acceptors (Lipinski definition) is 5. The molecule has 0 radical (unpaired) electrons. The lowest BCUT2D eigenvalue weighted by molar-refractivity contribution is -0.000722. The monoisotopic (exact) mass is 304 g/mol. The molecule has 0 aromatic heterocycles. The van der Waals surface area contributed by atoms with Crippen molar-refractivity contribution < 1.29 is 13.2 Å². The first-order valence-electron chi connectivity index (χ1n) is 7.87. The lowest BCUT2D eigenvalue weighted by Gasteiger charge is -2.34. The van der Waals surface area contributed by atoms with Crippen LogP contribution in [0.3, 0.4) is 0 Å². The number of nitrogens with zero attached hydrogens (tertiary/aromatic N) is 1. The molecule has 2 rings (SSSR count). The molecule has 1 N–H and O–H groups in total. The largest absolute Gasteiger partial charge is 0.377 e. The fraction of sp³-hybridized carbons (Fsp3) is 1.00. The number of likely N-dealkylation sites (tertiary alicyclic amines) is 1. The number of nitrogens with one attached hydrogen (secondary N) is 1. The molecule has 0 bridgehead atoms. The quantitative estimate of drug-likeness (QED) is 0.781. The van der Waals surface area contributed by atoms with Crippen LogP contribution in [0.15, 0.2) is 0 Å². The van der Waals surface area contributed by atoms with Crippen LogP contribution in [0.4, 0.5) is 0 Å². The second-order valence-corrected chi connectivity index (χ2v) is 8.22. The molecule has 2 unspecified atom stereocenters. The first-order chi connectivity index (χ1) is 9.59. The fourth-order valence-corrected chi connectivity index (χ4v) is 4.52. The smallest absolute Gasteiger partial charge is 0.153 e. The molecule has 20 heavy (non-hydrogen) atoms. The van der Waals surface area contributed by atoms with E-state index >= 15 is 0 Å². The van der Waals surface area contributed by atoms with Crippen molar-refractivity contribution >= 4 is 9.84 Å². The van der Waals surface area contributed by atoms with E-state index in [1.54, 1.807) is 0 Å². The predicted octanol–water partition coefficient (Wildman–Crippen LogP) is 0.654. The maximum absolute atomic E-state index is 11.6. The van der Waals surface area contributed by atoms with E-state index < -0.39 is 9.84 Å². The molecule has 0 aromatic rings. The molecular weight excluding hydrogens is 276 g/mol. The Kier molecular flexibility index (Phi) is 6.26. The van der Waals surface area contributed by atoms with E-state index in [9.17, 15) is 8.42 Å². The molecule has 2 aliphatic rings. The molecule has 0 aromatic carbocycles. The van der Waals surface area contributed by atoms with Gasteiger partial charge >= 0.3 is 0 Å². The van der Waals surface area contributed by atoms with E-state index in [0.29, 0.717) is 24.2 Å². The maximum Gasteiger partial charge on any atom is 0.153 e. The standard InChI is InChI=1S/C14H28N2O3S/c1-2-9-19-14-4-3-7-16(11-14)8-5-13-12-20(17,18)10-6-15-13/h13-15H,2-12H2,1H3. The normalized spacial score (nSPS) is 31.2. The van der Waals surface area contributed by atoms with Gasteiger partial charge in [0, 0.05) is 25.7 Å². The summed E-state index contributed by atoms with van der Waals surface area (Å²) in [4.78, 5) is 2.42. The highest BCUT2D eigenvalue weighted by Crippen LogP contribution is 2.15. The van der Waals surface area contributed by atoms with Crippen molar-refractivity contribution in [1.82, 2.24) is 10.2 Å². The summed E-state index contributed by atoms with van der Waals surface area (Å²) in [7, 11) is -2.81. The van der Waals surface area contributed by atoms with Gasteiger partial charge in [0.1, 0.15) is 0 Å². The molecule has 0 spiro atoms. The summed E-state index contributed by atoms with van der Waals surface area (Å²) in [6, 6.07) is 0.130. The molecule has 0 amide bonds. The highest BCUT2D eigenvalue weighted by atomic mass is 32.2. The van der Waals surface area contributed by atoms with Crippen LogP contribution in [0.25, 0.3) is 0 Å². The van der Waals surface area contributed by atoms with Gasteiger partial charge in [0.15, 0.2) is 9.84 Å². The zero-order valence-electron chi connectivity index (χ0n) is 12.5. The summed E-state index contributed by atoms with van der Waals surface area (Å²) in [5, 5.41) is 3.32. The highest BCUT2D eigenvalue weighted by molar-refractivity contribution is 7.91. The Bertz CT molecular complexity index is 386. The van der Waals surface area contributed by atoms with Gasteiger partial charge in [-0.05, 0) is 38.8 Å². The summed E-state index contributed by atoms with van der Waals surface area (Å²) in [5.41, 5.74) is 0. The fourth-order valence-electron chi connectivity index (χ4n) is 3.03. The molecule has 5 nitrogen and oxygen atoms in total. The molecule has 2 saturated heterocycles. The molecule has 2 fully saturated rings. The summed E-state index contributed by atoms with van der Waals surface area (Å²) in [6.07, 6.45) is 4.70. The Morgan fingerprint density at radius 2 is 2.25 bits per heavy atom. The van der Waals surface area contributed by atoms with Crippen LogP contribution in [0.2, 0.25) is 0 Å². The Morgan fingerprint density at radius 3 is 3.00 bits per heavy atom. The van der Waals surface area contributed by atoms with Gasteiger partial charge in [-0.1, -0.05) is 6.92 Å². The van der Waals surface area contributed by atoms with Crippen LogP contribution >= 0.6 is 0 Å². The molecule has 118 valence electrons. The summed E-state index contributed by atoms with van der Waals surface area (Å²) >= 11 is 0. The van der Waals surface area contributed by atoms with Gasteiger partial charge in [-0.3, -0.25) is 0 Å². The van der Waals surface area contributed by atoms with Crippen LogP contribution in [-0.2, 0) is 14.6 Å². The second-order valence-electron chi connectivity index (χ2n) is 5.99. The third kappa shape index (κ3) is 5.31. The van der Waals surface area contributed by atoms with Crippen LogP contribution in [0, 0.1) is 0 Å². The van der Waals surface area contributed by atoms with Crippen molar-refractivity contribution in [3.05, 3.63) is 0 Å². The minimum absolute atomic E-state index is 0.130. The average Bonchev–Trinajstić information content (AvgIpc) is 2.42. The third-order valence-electron chi connectivity index (χ3n) is 4.11. The van der Waals surface area contributed by atoms with Crippen molar-refractivity contribution in [3.8, 4) is 0 Å². The van der Waals surface area contributed by atoms with Gasteiger partial charge in [0.25, 0.3) is 0 Å². The van der Waals surface area contributed by atoms with Crippen molar-refractivity contribution in [2.75, 3.05) is 44.3 Å². The molecule has 0 aliphatic carbocycles. The number of ether oxygens (including phenoxy) is 1. The van der Waals surface area contributed by atoms with Gasteiger partial charge < -0.3 is 15.0 Å². The van der Waals surface area contributed by atoms with Gasteiger partial charge in [-0.25, -0.2) is 8.42 Å². The topological polar surface area (TPSA) is 58.6 Å². The minimum Gasteiger partial charge on any atom is -0.377 e. The van der Waals surface area contributed by atoms with Crippen molar-refractivity contribution in [1.29, 1.82) is 0 Å². The molecular formula is C14H28N2O3S. The number of sulfone groups is 1. The molecule has 2 aliphatic heterocycles. The third-order valence-corrected chi connectivity index (χ3v) is 5.85. The summed E-state index contributed by atoms with van der Waals surface area (Å²) in [6.45, 7) is 6.68. The van der Waals surface area contributed by atoms with Crippen molar-refractivity contribution in [2.45, 2.75) is 44.8 Å². The van der Waals surface area contributed by atoms with E-state index in [-0.39, 0.29) is 6.04 Å². The Balaban J connectivity index is 1.70. The molecule has 2 heterocycles. The minimum atomic E-state index is -2.81. The van der Waals surface area contributed by atoms with Gasteiger partial charge in [0.2, 0.25) is 0 Å². The van der Waals surface area contributed by atoms with Crippen molar-refractivity contribution in [2.24, 2.45) is 0 Å². The van der Waals surface area contributed by atoms with Crippen LogP contribution < -0.4 is 5.32 Å².